The zero-order valence-electron chi connectivity index (χ0n) is 14.5. The first kappa shape index (κ1) is 21.2. The molecule has 0 unspecified atom stereocenters. The molecule has 0 fully saturated rings. The molecule has 0 spiro atoms. The molecule has 24 heavy (non-hydrogen) atoms. The van der Waals surface area contributed by atoms with Crippen LogP contribution in [0.15, 0.2) is 24.1 Å². The Morgan fingerprint density at radius 3 is 2.00 bits per heavy atom. The molecule has 0 atom stereocenters. The van der Waals surface area contributed by atoms with E-state index in [-0.39, 0.29) is 26.4 Å². The summed E-state index contributed by atoms with van der Waals surface area (Å²) in [5.41, 5.74) is 0.336. The molecule has 0 aliphatic rings. The number of nitrogens with zero attached hydrogens (tertiary/aromatic N) is 1. The molecule has 0 aliphatic heterocycles. The predicted octanol–water partition coefficient (Wildman–Crippen LogP) is 4.21. The third-order valence-electron chi connectivity index (χ3n) is 2.74. The average Bonchev–Trinajstić information content (AvgIpc) is 2.54. The lowest BCUT2D eigenvalue weighted by atomic mass is 10.3. The summed E-state index contributed by atoms with van der Waals surface area (Å²) in [6.45, 7) is 7.86. The van der Waals surface area contributed by atoms with Crippen LogP contribution in [0.3, 0.4) is 0 Å². The number of rotatable bonds is 11. The summed E-state index contributed by atoms with van der Waals surface area (Å²) >= 11 is 0. The predicted molar refractivity (Wildman–Crippen MR) is 94.6 cm³/mol. The molecule has 1 aromatic rings. The second kappa shape index (κ2) is 10.2. The Morgan fingerprint density at radius 1 is 0.958 bits per heavy atom. The van der Waals surface area contributed by atoms with Crippen LogP contribution in [0.2, 0.25) is 0 Å². The van der Waals surface area contributed by atoms with Crippen LogP contribution < -0.4 is 5.30 Å². The lowest BCUT2D eigenvalue weighted by Gasteiger charge is -2.18. The van der Waals surface area contributed by atoms with Crippen LogP contribution in [0.25, 0.3) is 6.08 Å². The van der Waals surface area contributed by atoms with Gasteiger partial charge in [-0.15, -0.1) is 0 Å². The summed E-state index contributed by atoms with van der Waals surface area (Å²) in [7, 11) is -6.89. The van der Waals surface area contributed by atoms with Crippen molar-refractivity contribution < 1.29 is 27.2 Å². The maximum absolute atomic E-state index is 13.0. The highest BCUT2D eigenvalue weighted by molar-refractivity contribution is 7.62. The van der Waals surface area contributed by atoms with E-state index in [0.29, 0.717) is 11.0 Å². The molecule has 1 heterocycles. The van der Waals surface area contributed by atoms with Crippen molar-refractivity contribution in [2.75, 3.05) is 26.4 Å². The van der Waals surface area contributed by atoms with E-state index in [2.05, 4.69) is 4.98 Å². The molecular weight excluding hydrogens is 352 g/mol. The van der Waals surface area contributed by atoms with Gasteiger partial charge in [0.05, 0.1) is 37.4 Å². The summed E-state index contributed by atoms with van der Waals surface area (Å²) in [5, 5.41) is 0.310. The Balaban J connectivity index is 3.24. The van der Waals surface area contributed by atoms with Crippen LogP contribution in [0.1, 0.15) is 33.4 Å². The highest BCUT2D eigenvalue weighted by atomic mass is 31.2. The van der Waals surface area contributed by atoms with Crippen molar-refractivity contribution in [2.45, 2.75) is 27.7 Å². The molecule has 0 saturated carbocycles. The first-order valence-corrected chi connectivity index (χ1v) is 11.0. The van der Waals surface area contributed by atoms with Gasteiger partial charge in [-0.2, -0.15) is 0 Å². The SMILES string of the molecule is CCOP(=O)(C=Cc1ncccc1P(=O)(OCC)OCC)OCC. The molecule has 0 amide bonds. The van der Waals surface area contributed by atoms with Gasteiger partial charge in [0.25, 0.3) is 0 Å². The normalized spacial score (nSPS) is 12.8. The molecular formula is C15H25NO6P2. The minimum atomic E-state index is -3.51. The molecule has 7 nitrogen and oxygen atoms in total. The van der Waals surface area contributed by atoms with Crippen molar-refractivity contribution >= 4 is 26.6 Å². The van der Waals surface area contributed by atoms with Gasteiger partial charge in [-0.05, 0) is 45.9 Å². The third kappa shape index (κ3) is 5.92. The van der Waals surface area contributed by atoms with Crippen LogP contribution >= 0.6 is 15.2 Å². The van der Waals surface area contributed by atoms with E-state index in [9.17, 15) is 9.13 Å². The highest BCUT2D eigenvalue weighted by Gasteiger charge is 2.30. The van der Waals surface area contributed by atoms with Crippen molar-refractivity contribution in [3.05, 3.63) is 29.8 Å². The van der Waals surface area contributed by atoms with E-state index in [1.807, 2.05) is 0 Å². The van der Waals surface area contributed by atoms with Gasteiger partial charge in [-0.1, -0.05) is 0 Å². The summed E-state index contributed by atoms with van der Waals surface area (Å²) < 4.78 is 46.6. The van der Waals surface area contributed by atoms with E-state index in [0.717, 1.165) is 0 Å². The lowest BCUT2D eigenvalue weighted by Crippen LogP contribution is -2.15. The monoisotopic (exact) mass is 377 g/mol. The molecule has 0 bridgehead atoms. The molecule has 1 aromatic heterocycles. The van der Waals surface area contributed by atoms with Crippen LogP contribution in [0, 0.1) is 0 Å². The van der Waals surface area contributed by atoms with Gasteiger partial charge in [0.15, 0.2) is 0 Å². The van der Waals surface area contributed by atoms with Gasteiger partial charge in [0.2, 0.25) is 0 Å². The van der Waals surface area contributed by atoms with Crippen LogP contribution in [0.5, 0.6) is 0 Å². The minimum absolute atomic E-state index is 0.228. The van der Waals surface area contributed by atoms with Gasteiger partial charge in [0, 0.05) is 12.0 Å². The Bertz CT molecular complexity index is 614. The Labute approximate surface area is 143 Å². The zero-order chi connectivity index (χ0) is 18.1. The van der Waals surface area contributed by atoms with Crippen molar-refractivity contribution in [1.82, 2.24) is 4.98 Å². The topological polar surface area (TPSA) is 84.0 Å². The second-order valence-electron chi connectivity index (χ2n) is 4.43. The summed E-state index contributed by atoms with van der Waals surface area (Å²) in [6, 6.07) is 3.26. The Hall–Kier alpha value is -0.810. The fourth-order valence-electron chi connectivity index (χ4n) is 1.93. The fourth-order valence-corrected chi connectivity index (χ4v) is 4.93. The van der Waals surface area contributed by atoms with Crippen molar-refractivity contribution in [3.8, 4) is 0 Å². The Morgan fingerprint density at radius 2 is 1.50 bits per heavy atom. The number of hydrogen-bond donors (Lipinski definition) is 0. The lowest BCUT2D eigenvalue weighted by molar-refractivity contribution is 0.228. The molecule has 0 N–H and O–H groups in total. The fraction of sp³-hybridized carbons (Fsp3) is 0.533. The molecule has 0 aromatic carbocycles. The van der Waals surface area contributed by atoms with Gasteiger partial charge in [0.1, 0.15) is 0 Å². The molecule has 136 valence electrons. The van der Waals surface area contributed by atoms with E-state index in [4.69, 9.17) is 18.1 Å². The van der Waals surface area contributed by atoms with Crippen molar-refractivity contribution in [3.63, 3.8) is 0 Å². The van der Waals surface area contributed by atoms with Crippen molar-refractivity contribution in [1.29, 1.82) is 0 Å². The second-order valence-corrected chi connectivity index (χ2v) is 8.32. The quantitative estimate of drug-likeness (QED) is 0.534. The van der Waals surface area contributed by atoms with Crippen LogP contribution in [-0.4, -0.2) is 31.4 Å². The Kier molecular flexibility index (Phi) is 9.06. The van der Waals surface area contributed by atoms with Crippen LogP contribution in [-0.2, 0) is 27.2 Å². The molecule has 0 aliphatic carbocycles. The first-order valence-electron chi connectivity index (χ1n) is 7.87. The maximum atomic E-state index is 13.0. The van der Waals surface area contributed by atoms with E-state index >= 15 is 0 Å². The smallest absolute Gasteiger partial charge is 0.306 e. The standard InChI is InChI=1S/C15H25NO6P2/c1-5-19-23(17,20-6-2)13-11-14-15(10-9-12-16-14)24(18,21-7-3)22-8-4/h9-13H,5-8H2,1-4H3. The van der Waals surface area contributed by atoms with Gasteiger partial charge < -0.3 is 18.1 Å². The largest absolute Gasteiger partial charge is 0.363 e. The third-order valence-corrected chi connectivity index (χ3v) is 6.66. The number of aromatic nitrogens is 1. The zero-order valence-corrected chi connectivity index (χ0v) is 16.3. The molecule has 9 heteroatoms. The molecule has 1 rings (SSSR count). The van der Waals surface area contributed by atoms with Gasteiger partial charge >= 0.3 is 15.2 Å². The molecule has 0 radical (unpaired) electrons. The summed E-state index contributed by atoms with van der Waals surface area (Å²) in [6.07, 6.45) is 3.00. The van der Waals surface area contributed by atoms with E-state index < -0.39 is 15.2 Å². The highest BCUT2D eigenvalue weighted by Crippen LogP contribution is 2.51. The number of hydrogen-bond acceptors (Lipinski definition) is 7. The summed E-state index contributed by atoms with van der Waals surface area (Å²) in [4.78, 5) is 4.18. The summed E-state index contributed by atoms with van der Waals surface area (Å²) in [5.74, 6) is 1.31. The average molecular weight is 377 g/mol. The van der Waals surface area contributed by atoms with Crippen molar-refractivity contribution in [2.24, 2.45) is 0 Å². The number of pyridine rings is 1. The van der Waals surface area contributed by atoms with Gasteiger partial charge in [-0.25, -0.2) is 0 Å². The first-order chi connectivity index (χ1) is 11.4. The van der Waals surface area contributed by atoms with Crippen LogP contribution in [0.4, 0.5) is 0 Å². The van der Waals surface area contributed by atoms with E-state index in [1.165, 1.54) is 18.1 Å². The molecule has 0 saturated heterocycles. The maximum Gasteiger partial charge on any atom is 0.363 e. The van der Waals surface area contributed by atoms with Gasteiger partial charge in [-0.3, -0.25) is 14.1 Å². The van der Waals surface area contributed by atoms with E-state index in [1.54, 1.807) is 39.8 Å². The minimum Gasteiger partial charge on any atom is -0.306 e.